The summed E-state index contributed by atoms with van der Waals surface area (Å²) in [5, 5.41) is 0. The van der Waals surface area contributed by atoms with Gasteiger partial charge in [0.05, 0.1) is 11.5 Å². The molecule has 3 fully saturated rings. The second-order valence-corrected chi connectivity index (χ2v) is 9.38. The van der Waals surface area contributed by atoms with Gasteiger partial charge in [0.1, 0.15) is 0 Å². The molecule has 174 valence electrons. The van der Waals surface area contributed by atoms with Crippen molar-refractivity contribution in [1.82, 2.24) is 9.80 Å². The molecule has 3 amide bonds. The van der Waals surface area contributed by atoms with E-state index >= 15 is 0 Å². The topological polar surface area (TPSA) is 76.2 Å². The monoisotopic (exact) mass is 442 g/mol. The van der Waals surface area contributed by atoms with Gasteiger partial charge in [0.2, 0.25) is 17.7 Å². The van der Waals surface area contributed by atoms with Gasteiger partial charge in [-0.05, 0) is 43.6 Å². The molecular formula is C25H34N2O5. The van der Waals surface area contributed by atoms with Crippen LogP contribution in [0.5, 0.6) is 0 Å². The lowest BCUT2D eigenvalue weighted by Gasteiger charge is -2.32. The van der Waals surface area contributed by atoms with Crippen molar-refractivity contribution in [3.05, 3.63) is 35.9 Å². The van der Waals surface area contributed by atoms with Crippen LogP contribution in [0.15, 0.2) is 30.3 Å². The third-order valence-electron chi connectivity index (χ3n) is 6.89. The molecule has 0 aromatic heterocycles. The summed E-state index contributed by atoms with van der Waals surface area (Å²) in [6.45, 7) is 2.82. The Balaban J connectivity index is 1.57. The zero-order chi connectivity index (χ0) is 22.6. The SMILES string of the molecule is COCCCN1C(=O)C[C@](CC(=O)N(CC2CC2)C[C@@H]2CCCO2)(c2ccccc2)C1=O. The van der Waals surface area contributed by atoms with Crippen LogP contribution in [-0.4, -0.2) is 73.6 Å². The average molecular weight is 443 g/mol. The van der Waals surface area contributed by atoms with Crippen molar-refractivity contribution in [2.75, 3.05) is 40.0 Å². The molecular weight excluding hydrogens is 408 g/mol. The van der Waals surface area contributed by atoms with E-state index in [1.165, 1.54) is 4.90 Å². The number of rotatable bonds is 11. The third-order valence-corrected chi connectivity index (χ3v) is 6.89. The maximum absolute atomic E-state index is 13.6. The van der Waals surface area contributed by atoms with Crippen LogP contribution in [0, 0.1) is 5.92 Å². The van der Waals surface area contributed by atoms with E-state index in [2.05, 4.69) is 0 Å². The van der Waals surface area contributed by atoms with Crippen LogP contribution >= 0.6 is 0 Å². The van der Waals surface area contributed by atoms with Crippen molar-refractivity contribution in [3.8, 4) is 0 Å². The molecule has 7 heteroatoms. The fourth-order valence-electron chi connectivity index (χ4n) is 4.91. The summed E-state index contributed by atoms with van der Waals surface area (Å²) in [4.78, 5) is 43.4. The molecule has 2 saturated heterocycles. The van der Waals surface area contributed by atoms with Crippen molar-refractivity contribution >= 4 is 17.7 Å². The molecule has 4 rings (SSSR count). The fourth-order valence-corrected chi connectivity index (χ4v) is 4.91. The number of nitrogens with zero attached hydrogens (tertiary/aromatic N) is 2. The normalized spacial score (nSPS) is 25.5. The van der Waals surface area contributed by atoms with Crippen LogP contribution in [0.1, 0.15) is 50.5 Å². The molecule has 0 spiro atoms. The predicted molar refractivity (Wildman–Crippen MR) is 119 cm³/mol. The van der Waals surface area contributed by atoms with Gasteiger partial charge in [-0.25, -0.2) is 0 Å². The number of benzene rings is 1. The van der Waals surface area contributed by atoms with Gasteiger partial charge in [0.15, 0.2) is 0 Å². The summed E-state index contributed by atoms with van der Waals surface area (Å²) in [7, 11) is 1.60. The number of likely N-dealkylation sites (tertiary alicyclic amines) is 1. The van der Waals surface area contributed by atoms with E-state index in [4.69, 9.17) is 9.47 Å². The minimum atomic E-state index is -1.14. The Bertz CT molecular complexity index is 819. The van der Waals surface area contributed by atoms with E-state index in [-0.39, 0.29) is 36.7 Å². The van der Waals surface area contributed by atoms with Crippen molar-refractivity contribution in [2.45, 2.75) is 56.5 Å². The Morgan fingerprint density at radius 1 is 1.19 bits per heavy atom. The number of amides is 3. The van der Waals surface area contributed by atoms with Gasteiger partial charge in [-0.3, -0.25) is 19.3 Å². The Kier molecular flexibility index (Phi) is 7.26. The molecule has 2 atom stereocenters. The van der Waals surface area contributed by atoms with E-state index in [0.29, 0.717) is 38.6 Å². The molecule has 1 aliphatic carbocycles. The van der Waals surface area contributed by atoms with E-state index in [0.717, 1.165) is 37.9 Å². The van der Waals surface area contributed by atoms with Gasteiger partial charge >= 0.3 is 0 Å². The van der Waals surface area contributed by atoms with E-state index in [1.807, 2.05) is 35.2 Å². The third kappa shape index (κ3) is 5.04. The van der Waals surface area contributed by atoms with E-state index < -0.39 is 5.41 Å². The van der Waals surface area contributed by atoms with Crippen LogP contribution in [0.25, 0.3) is 0 Å². The zero-order valence-electron chi connectivity index (χ0n) is 19.0. The standard InChI is InChI=1S/C25H34N2O5/c1-31-13-6-12-27-23(29)16-25(24(27)30,20-7-3-2-4-8-20)15-22(28)26(17-19-10-11-19)18-21-9-5-14-32-21/h2-4,7-8,19,21H,5-6,9-18H2,1H3/t21-,25+/m0/s1. The first-order valence-corrected chi connectivity index (χ1v) is 11.8. The zero-order valence-corrected chi connectivity index (χ0v) is 19.0. The maximum Gasteiger partial charge on any atom is 0.240 e. The Labute approximate surface area is 190 Å². The highest BCUT2D eigenvalue weighted by atomic mass is 16.5. The molecule has 1 aromatic rings. The van der Waals surface area contributed by atoms with Crippen LogP contribution < -0.4 is 0 Å². The quantitative estimate of drug-likeness (QED) is 0.389. The molecule has 0 unspecified atom stereocenters. The fraction of sp³-hybridized carbons (Fsp3) is 0.640. The van der Waals surface area contributed by atoms with Crippen LogP contribution in [0.3, 0.4) is 0 Å². The van der Waals surface area contributed by atoms with Crippen molar-refractivity contribution in [3.63, 3.8) is 0 Å². The molecule has 32 heavy (non-hydrogen) atoms. The largest absolute Gasteiger partial charge is 0.385 e. The van der Waals surface area contributed by atoms with Crippen molar-refractivity contribution in [2.24, 2.45) is 5.92 Å². The minimum Gasteiger partial charge on any atom is -0.385 e. The number of imide groups is 1. The molecule has 0 radical (unpaired) electrons. The first-order valence-electron chi connectivity index (χ1n) is 11.8. The maximum atomic E-state index is 13.6. The molecule has 3 aliphatic rings. The lowest BCUT2D eigenvalue weighted by Crippen LogP contribution is -2.45. The van der Waals surface area contributed by atoms with Crippen LogP contribution in [0.4, 0.5) is 0 Å². The summed E-state index contributed by atoms with van der Waals surface area (Å²) in [6.07, 6.45) is 4.97. The molecule has 2 aliphatic heterocycles. The van der Waals surface area contributed by atoms with Gasteiger partial charge in [-0.1, -0.05) is 30.3 Å². The first kappa shape index (κ1) is 22.9. The number of carbonyl (C=O) groups excluding carboxylic acids is 3. The lowest BCUT2D eigenvalue weighted by molar-refractivity contribution is -0.143. The highest BCUT2D eigenvalue weighted by molar-refractivity contribution is 6.10. The molecule has 0 N–H and O–H groups in total. The summed E-state index contributed by atoms with van der Waals surface area (Å²) in [6, 6.07) is 9.33. The highest BCUT2D eigenvalue weighted by Gasteiger charge is 2.54. The summed E-state index contributed by atoms with van der Waals surface area (Å²) in [5.41, 5.74) is -0.398. The molecule has 1 aromatic carbocycles. The summed E-state index contributed by atoms with van der Waals surface area (Å²) < 4.78 is 10.9. The summed E-state index contributed by atoms with van der Waals surface area (Å²) in [5.74, 6) is 0.00731. The lowest BCUT2D eigenvalue weighted by atomic mass is 9.75. The average Bonchev–Trinajstić information content (AvgIpc) is 3.40. The first-order chi connectivity index (χ1) is 15.5. The van der Waals surface area contributed by atoms with Gasteiger partial charge < -0.3 is 14.4 Å². The Hall–Kier alpha value is -2.25. The van der Waals surface area contributed by atoms with E-state index in [1.54, 1.807) is 7.11 Å². The van der Waals surface area contributed by atoms with Crippen LogP contribution in [-0.2, 0) is 29.3 Å². The second-order valence-electron chi connectivity index (χ2n) is 9.38. The number of ether oxygens (including phenoxy) is 2. The summed E-state index contributed by atoms with van der Waals surface area (Å²) >= 11 is 0. The molecule has 2 heterocycles. The number of hydrogen-bond acceptors (Lipinski definition) is 5. The van der Waals surface area contributed by atoms with Crippen molar-refractivity contribution < 1.29 is 23.9 Å². The number of hydrogen-bond donors (Lipinski definition) is 0. The second kappa shape index (κ2) is 10.1. The van der Waals surface area contributed by atoms with Gasteiger partial charge in [-0.2, -0.15) is 0 Å². The number of carbonyl (C=O) groups is 3. The van der Waals surface area contributed by atoms with E-state index in [9.17, 15) is 14.4 Å². The Morgan fingerprint density at radius 3 is 2.62 bits per heavy atom. The minimum absolute atomic E-state index is 0.0157. The van der Waals surface area contributed by atoms with Gasteiger partial charge in [0.25, 0.3) is 0 Å². The molecule has 0 bridgehead atoms. The molecule has 7 nitrogen and oxygen atoms in total. The highest BCUT2D eigenvalue weighted by Crippen LogP contribution is 2.41. The Morgan fingerprint density at radius 2 is 1.97 bits per heavy atom. The predicted octanol–water partition coefficient (Wildman–Crippen LogP) is 2.53. The van der Waals surface area contributed by atoms with Crippen molar-refractivity contribution in [1.29, 1.82) is 0 Å². The smallest absolute Gasteiger partial charge is 0.240 e. The number of methoxy groups -OCH3 is 1. The van der Waals surface area contributed by atoms with Gasteiger partial charge in [-0.15, -0.1) is 0 Å². The molecule has 1 saturated carbocycles. The van der Waals surface area contributed by atoms with Gasteiger partial charge in [0, 0.05) is 52.8 Å². The van der Waals surface area contributed by atoms with Crippen LogP contribution in [0.2, 0.25) is 0 Å².